The molecule has 2 fully saturated rings. The second kappa shape index (κ2) is 6.02. The molecule has 1 aliphatic carbocycles. The number of rotatable bonds is 4. The highest BCUT2D eigenvalue weighted by Gasteiger charge is 2.37. The molecule has 0 radical (unpaired) electrons. The highest BCUT2D eigenvalue weighted by atomic mass is 16.3. The van der Waals surface area contributed by atoms with Crippen LogP contribution < -0.4 is 5.32 Å². The monoisotopic (exact) mass is 254 g/mol. The maximum atomic E-state index is 12.0. The molecule has 0 aromatic rings. The van der Waals surface area contributed by atoms with Crippen molar-refractivity contribution in [2.24, 2.45) is 11.8 Å². The summed E-state index contributed by atoms with van der Waals surface area (Å²) in [5.41, 5.74) is 0. The molecular formula is C14H26N2O2. The molecule has 1 aliphatic heterocycles. The molecule has 0 spiro atoms. The number of aliphatic hydroxyl groups is 1. The Kier molecular flexibility index (Phi) is 4.62. The van der Waals surface area contributed by atoms with E-state index in [-0.39, 0.29) is 12.1 Å². The molecule has 104 valence electrons. The summed E-state index contributed by atoms with van der Waals surface area (Å²) in [6.07, 6.45) is 5.47. The zero-order valence-electron chi connectivity index (χ0n) is 11.6. The van der Waals surface area contributed by atoms with Gasteiger partial charge in [0.1, 0.15) is 0 Å². The Hall–Kier alpha value is -0.610. The van der Waals surface area contributed by atoms with Crippen molar-refractivity contribution in [2.45, 2.75) is 58.2 Å². The van der Waals surface area contributed by atoms with Crippen LogP contribution in [-0.2, 0) is 4.79 Å². The van der Waals surface area contributed by atoms with Gasteiger partial charge in [-0.2, -0.15) is 0 Å². The van der Waals surface area contributed by atoms with E-state index in [0.717, 1.165) is 32.1 Å². The summed E-state index contributed by atoms with van der Waals surface area (Å²) in [7, 11) is 0. The van der Waals surface area contributed by atoms with Crippen molar-refractivity contribution in [3.8, 4) is 0 Å². The third kappa shape index (κ3) is 3.04. The fraction of sp³-hybridized carbons (Fsp3) is 0.929. The number of amides is 1. The average molecular weight is 254 g/mol. The molecule has 1 saturated carbocycles. The van der Waals surface area contributed by atoms with E-state index in [1.807, 2.05) is 0 Å². The van der Waals surface area contributed by atoms with Gasteiger partial charge in [0.05, 0.1) is 12.7 Å². The van der Waals surface area contributed by atoms with Gasteiger partial charge in [-0.15, -0.1) is 0 Å². The van der Waals surface area contributed by atoms with E-state index in [9.17, 15) is 9.90 Å². The topological polar surface area (TPSA) is 52.6 Å². The molecule has 1 saturated heterocycles. The SMILES string of the molecule is CC(C)CC1NCC(=O)N1C1CCC(CO)CC1. The van der Waals surface area contributed by atoms with Gasteiger partial charge in [-0.3, -0.25) is 10.1 Å². The maximum Gasteiger partial charge on any atom is 0.238 e. The number of carbonyl (C=O) groups is 1. The minimum Gasteiger partial charge on any atom is -0.396 e. The first-order chi connectivity index (χ1) is 8.61. The molecule has 1 atom stereocenters. The average Bonchev–Trinajstić information content (AvgIpc) is 2.70. The van der Waals surface area contributed by atoms with Crippen LogP contribution in [0.15, 0.2) is 0 Å². The van der Waals surface area contributed by atoms with E-state index in [2.05, 4.69) is 24.1 Å². The Balaban J connectivity index is 1.95. The molecule has 2 aliphatic rings. The van der Waals surface area contributed by atoms with E-state index in [0.29, 0.717) is 31.0 Å². The molecule has 1 amide bonds. The number of hydrogen-bond acceptors (Lipinski definition) is 3. The van der Waals surface area contributed by atoms with E-state index in [1.54, 1.807) is 0 Å². The predicted molar refractivity (Wildman–Crippen MR) is 70.9 cm³/mol. The second-order valence-electron chi connectivity index (χ2n) is 6.18. The van der Waals surface area contributed by atoms with Gasteiger partial charge >= 0.3 is 0 Å². The van der Waals surface area contributed by atoms with Gasteiger partial charge in [0.15, 0.2) is 0 Å². The van der Waals surface area contributed by atoms with Gasteiger partial charge in [-0.1, -0.05) is 13.8 Å². The Labute approximate surface area is 110 Å². The van der Waals surface area contributed by atoms with Crippen molar-refractivity contribution < 1.29 is 9.90 Å². The van der Waals surface area contributed by atoms with Crippen molar-refractivity contribution in [3.63, 3.8) is 0 Å². The standard InChI is InChI=1S/C14H26N2O2/c1-10(2)7-13-15-8-14(18)16(13)12-5-3-11(9-17)4-6-12/h10-13,15,17H,3-9H2,1-2H3. The number of nitrogens with one attached hydrogen (secondary N) is 1. The number of aliphatic hydroxyl groups excluding tert-OH is 1. The first kappa shape index (κ1) is 13.8. The van der Waals surface area contributed by atoms with Crippen molar-refractivity contribution in [3.05, 3.63) is 0 Å². The second-order valence-corrected chi connectivity index (χ2v) is 6.18. The summed E-state index contributed by atoms with van der Waals surface area (Å²) >= 11 is 0. The third-order valence-corrected chi connectivity index (χ3v) is 4.28. The molecule has 4 heteroatoms. The van der Waals surface area contributed by atoms with Gasteiger partial charge in [0, 0.05) is 12.6 Å². The highest BCUT2D eigenvalue weighted by Crippen LogP contribution is 2.30. The first-order valence-electron chi connectivity index (χ1n) is 7.27. The first-order valence-corrected chi connectivity index (χ1v) is 7.27. The Morgan fingerprint density at radius 3 is 2.56 bits per heavy atom. The summed E-state index contributed by atoms with van der Waals surface area (Å²) < 4.78 is 0. The van der Waals surface area contributed by atoms with Crippen LogP contribution in [0.5, 0.6) is 0 Å². The minimum atomic E-state index is 0.230. The number of hydrogen-bond donors (Lipinski definition) is 2. The molecule has 0 aromatic heterocycles. The molecule has 1 heterocycles. The molecule has 2 rings (SSSR count). The molecule has 2 N–H and O–H groups in total. The third-order valence-electron chi connectivity index (χ3n) is 4.28. The van der Waals surface area contributed by atoms with Gasteiger partial charge in [0.25, 0.3) is 0 Å². The van der Waals surface area contributed by atoms with Gasteiger partial charge in [0.2, 0.25) is 5.91 Å². The molecule has 18 heavy (non-hydrogen) atoms. The lowest BCUT2D eigenvalue weighted by Gasteiger charge is -2.37. The Morgan fingerprint density at radius 1 is 1.33 bits per heavy atom. The quantitative estimate of drug-likeness (QED) is 0.796. The van der Waals surface area contributed by atoms with Crippen molar-refractivity contribution in [1.29, 1.82) is 0 Å². The van der Waals surface area contributed by atoms with Crippen LogP contribution in [-0.4, -0.2) is 41.3 Å². The molecule has 0 bridgehead atoms. The summed E-state index contributed by atoms with van der Waals surface area (Å²) in [5, 5.41) is 12.5. The lowest BCUT2D eigenvalue weighted by molar-refractivity contribution is -0.131. The zero-order chi connectivity index (χ0) is 13.1. The fourth-order valence-electron chi connectivity index (χ4n) is 3.28. The van der Waals surface area contributed by atoms with Crippen LogP contribution in [0, 0.1) is 11.8 Å². The van der Waals surface area contributed by atoms with E-state index >= 15 is 0 Å². The van der Waals surface area contributed by atoms with Gasteiger partial charge in [-0.25, -0.2) is 0 Å². The molecule has 1 unspecified atom stereocenters. The van der Waals surface area contributed by atoms with E-state index in [1.165, 1.54) is 0 Å². The van der Waals surface area contributed by atoms with Crippen LogP contribution >= 0.6 is 0 Å². The van der Waals surface area contributed by atoms with E-state index in [4.69, 9.17) is 0 Å². The predicted octanol–water partition coefficient (Wildman–Crippen LogP) is 1.34. The molecule has 0 aromatic carbocycles. The zero-order valence-corrected chi connectivity index (χ0v) is 11.6. The maximum absolute atomic E-state index is 12.0. The fourth-order valence-corrected chi connectivity index (χ4v) is 3.28. The summed E-state index contributed by atoms with van der Waals surface area (Å²) in [5.74, 6) is 1.31. The largest absolute Gasteiger partial charge is 0.396 e. The van der Waals surface area contributed by atoms with Crippen LogP contribution in [0.1, 0.15) is 46.0 Å². The molecule has 4 nitrogen and oxygen atoms in total. The van der Waals surface area contributed by atoms with Crippen molar-refractivity contribution >= 4 is 5.91 Å². The Bertz CT molecular complexity index is 286. The lowest BCUT2D eigenvalue weighted by atomic mass is 9.85. The summed E-state index contributed by atoms with van der Waals surface area (Å²) in [6.45, 7) is 5.20. The smallest absolute Gasteiger partial charge is 0.238 e. The summed E-state index contributed by atoms with van der Waals surface area (Å²) in [6, 6.07) is 0.388. The minimum absolute atomic E-state index is 0.230. The normalized spacial score (nSPS) is 33.4. The number of carbonyl (C=O) groups excluding carboxylic acids is 1. The van der Waals surface area contributed by atoms with Crippen LogP contribution in [0.2, 0.25) is 0 Å². The van der Waals surface area contributed by atoms with Crippen LogP contribution in [0.25, 0.3) is 0 Å². The number of nitrogens with zero attached hydrogens (tertiary/aromatic N) is 1. The molecular weight excluding hydrogens is 228 g/mol. The Morgan fingerprint density at radius 2 is 2.00 bits per heavy atom. The van der Waals surface area contributed by atoms with Crippen LogP contribution in [0.4, 0.5) is 0 Å². The van der Waals surface area contributed by atoms with E-state index < -0.39 is 0 Å². The van der Waals surface area contributed by atoms with Crippen molar-refractivity contribution in [1.82, 2.24) is 10.2 Å². The highest BCUT2D eigenvalue weighted by molar-refractivity contribution is 5.81. The lowest BCUT2D eigenvalue weighted by Crippen LogP contribution is -2.46. The van der Waals surface area contributed by atoms with Gasteiger partial charge < -0.3 is 10.0 Å². The van der Waals surface area contributed by atoms with Gasteiger partial charge in [-0.05, 0) is 43.9 Å². The summed E-state index contributed by atoms with van der Waals surface area (Å²) in [4.78, 5) is 14.1. The van der Waals surface area contributed by atoms with Crippen LogP contribution in [0.3, 0.4) is 0 Å². The van der Waals surface area contributed by atoms with Crippen molar-refractivity contribution in [2.75, 3.05) is 13.2 Å².